The molecule has 2 aromatic rings. The summed E-state index contributed by atoms with van der Waals surface area (Å²) in [6.45, 7) is 0. The number of carbonyl (C=O) groups is 1. The SMILES string of the molecule is COC(=O)c1cccc([N+](=O)[O-])c1-c1ccccc1C(F)(F)F. The molecule has 120 valence electrons. The fourth-order valence-corrected chi connectivity index (χ4v) is 2.20. The monoisotopic (exact) mass is 325 g/mol. The summed E-state index contributed by atoms with van der Waals surface area (Å²) in [5.74, 6) is -0.958. The average Bonchev–Trinajstić information content (AvgIpc) is 2.52. The molecule has 0 aromatic heterocycles. The van der Waals surface area contributed by atoms with Crippen molar-refractivity contribution >= 4 is 11.7 Å². The number of esters is 1. The molecule has 0 aliphatic rings. The van der Waals surface area contributed by atoms with E-state index in [0.29, 0.717) is 0 Å². The van der Waals surface area contributed by atoms with Gasteiger partial charge in [0.05, 0.1) is 28.7 Å². The number of hydrogen-bond donors (Lipinski definition) is 0. The number of alkyl halides is 3. The Kier molecular flexibility index (Phi) is 4.35. The van der Waals surface area contributed by atoms with Crippen LogP contribution in [0.1, 0.15) is 15.9 Å². The topological polar surface area (TPSA) is 69.4 Å². The molecule has 0 unspecified atom stereocenters. The summed E-state index contributed by atoms with van der Waals surface area (Å²) in [5, 5.41) is 11.2. The number of ether oxygens (including phenoxy) is 1. The van der Waals surface area contributed by atoms with Crippen LogP contribution in [-0.2, 0) is 10.9 Å². The molecule has 0 fully saturated rings. The predicted octanol–water partition coefficient (Wildman–Crippen LogP) is 4.07. The van der Waals surface area contributed by atoms with E-state index in [2.05, 4.69) is 4.74 Å². The third-order valence-electron chi connectivity index (χ3n) is 3.15. The van der Waals surface area contributed by atoms with E-state index in [9.17, 15) is 28.1 Å². The number of halogens is 3. The maximum absolute atomic E-state index is 13.2. The van der Waals surface area contributed by atoms with Gasteiger partial charge in [0.2, 0.25) is 0 Å². The molecule has 0 heterocycles. The molecule has 0 bridgehead atoms. The highest BCUT2D eigenvalue weighted by Crippen LogP contribution is 2.41. The molecular formula is C15H10F3NO4. The summed E-state index contributed by atoms with van der Waals surface area (Å²) in [5.41, 5.74) is -2.85. The first-order valence-electron chi connectivity index (χ1n) is 6.29. The molecule has 5 nitrogen and oxygen atoms in total. The summed E-state index contributed by atoms with van der Waals surface area (Å²) >= 11 is 0. The maximum atomic E-state index is 13.2. The van der Waals surface area contributed by atoms with Gasteiger partial charge in [-0.05, 0) is 12.1 Å². The van der Waals surface area contributed by atoms with E-state index >= 15 is 0 Å². The van der Waals surface area contributed by atoms with Crippen LogP contribution >= 0.6 is 0 Å². The van der Waals surface area contributed by atoms with Gasteiger partial charge in [0.25, 0.3) is 5.69 Å². The molecule has 0 aliphatic heterocycles. The summed E-state index contributed by atoms with van der Waals surface area (Å²) in [4.78, 5) is 22.2. The standard InChI is InChI=1S/C15H10F3NO4/c1-23-14(20)10-6-4-8-12(19(21)22)13(10)9-5-2-3-7-11(9)15(16,17)18/h2-8H,1H3. The first-order valence-corrected chi connectivity index (χ1v) is 6.29. The van der Waals surface area contributed by atoms with Crippen molar-refractivity contribution in [3.05, 3.63) is 63.7 Å². The highest BCUT2D eigenvalue weighted by atomic mass is 19.4. The van der Waals surface area contributed by atoms with E-state index in [0.717, 1.165) is 25.3 Å². The van der Waals surface area contributed by atoms with E-state index < -0.39 is 39.4 Å². The van der Waals surface area contributed by atoms with Crippen molar-refractivity contribution in [3.8, 4) is 11.1 Å². The molecule has 0 radical (unpaired) electrons. The minimum Gasteiger partial charge on any atom is -0.465 e. The van der Waals surface area contributed by atoms with Gasteiger partial charge >= 0.3 is 12.1 Å². The van der Waals surface area contributed by atoms with Crippen LogP contribution in [0.5, 0.6) is 0 Å². The lowest BCUT2D eigenvalue weighted by molar-refractivity contribution is -0.384. The number of rotatable bonds is 3. The van der Waals surface area contributed by atoms with Crippen LogP contribution < -0.4 is 0 Å². The fourth-order valence-electron chi connectivity index (χ4n) is 2.20. The van der Waals surface area contributed by atoms with Gasteiger partial charge in [0.15, 0.2) is 0 Å². The minimum absolute atomic E-state index is 0.307. The van der Waals surface area contributed by atoms with Gasteiger partial charge in [-0.3, -0.25) is 10.1 Å². The van der Waals surface area contributed by atoms with Gasteiger partial charge in [-0.15, -0.1) is 0 Å². The largest absolute Gasteiger partial charge is 0.465 e. The molecule has 23 heavy (non-hydrogen) atoms. The first kappa shape index (κ1) is 16.5. The van der Waals surface area contributed by atoms with Crippen molar-refractivity contribution in [1.29, 1.82) is 0 Å². The Labute approximate surface area is 128 Å². The molecule has 0 aliphatic carbocycles. The third-order valence-corrected chi connectivity index (χ3v) is 3.15. The maximum Gasteiger partial charge on any atom is 0.417 e. The van der Waals surface area contributed by atoms with Gasteiger partial charge in [-0.25, -0.2) is 4.79 Å². The normalized spacial score (nSPS) is 11.1. The molecule has 0 saturated carbocycles. The van der Waals surface area contributed by atoms with Gasteiger partial charge in [0, 0.05) is 11.6 Å². The van der Waals surface area contributed by atoms with Gasteiger partial charge in [-0.2, -0.15) is 13.2 Å². The Hall–Kier alpha value is -2.90. The van der Waals surface area contributed by atoms with Crippen LogP contribution in [0.15, 0.2) is 42.5 Å². The Bertz CT molecular complexity index is 772. The van der Waals surface area contributed by atoms with Crippen molar-refractivity contribution in [2.75, 3.05) is 7.11 Å². The molecule has 0 saturated heterocycles. The quantitative estimate of drug-likeness (QED) is 0.484. The number of benzene rings is 2. The molecule has 2 aromatic carbocycles. The second-order valence-corrected chi connectivity index (χ2v) is 4.49. The molecule has 0 atom stereocenters. The zero-order valence-electron chi connectivity index (χ0n) is 11.8. The van der Waals surface area contributed by atoms with Crippen LogP contribution in [0.2, 0.25) is 0 Å². The van der Waals surface area contributed by atoms with Gasteiger partial charge in [0.1, 0.15) is 0 Å². The number of nitrogens with zero attached hydrogens (tertiary/aromatic N) is 1. The first-order chi connectivity index (χ1) is 10.8. The molecule has 0 spiro atoms. The predicted molar refractivity (Wildman–Crippen MR) is 74.9 cm³/mol. The van der Waals surface area contributed by atoms with Crippen LogP contribution in [0, 0.1) is 10.1 Å². The van der Waals surface area contributed by atoms with E-state index in [-0.39, 0.29) is 5.56 Å². The van der Waals surface area contributed by atoms with E-state index in [1.54, 1.807) is 0 Å². The van der Waals surface area contributed by atoms with Crippen molar-refractivity contribution < 1.29 is 27.6 Å². The lowest BCUT2D eigenvalue weighted by Gasteiger charge is -2.15. The highest BCUT2D eigenvalue weighted by molar-refractivity contribution is 6.00. The lowest BCUT2D eigenvalue weighted by atomic mass is 9.93. The number of nitro benzene ring substituents is 1. The summed E-state index contributed by atoms with van der Waals surface area (Å²) in [6, 6.07) is 7.78. The molecular weight excluding hydrogens is 315 g/mol. The van der Waals surface area contributed by atoms with E-state index in [4.69, 9.17) is 0 Å². The van der Waals surface area contributed by atoms with Crippen molar-refractivity contribution in [1.82, 2.24) is 0 Å². The fraction of sp³-hybridized carbons (Fsp3) is 0.133. The van der Waals surface area contributed by atoms with Gasteiger partial charge < -0.3 is 4.74 Å². The molecule has 0 N–H and O–H groups in total. The van der Waals surface area contributed by atoms with Crippen LogP contribution in [0.3, 0.4) is 0 Å². The number of carbonyl (C=O) groups excluding carboxylic acids is 1. The lowest BCUT2D eigenvalue weighted by Crippen LogP contribution is -2.11. The van der Waals surface area contributed by atoms with E-state index in [1.165, 1.54) is 24.3 Å². The van der Waals surface area contributed by atoms with E-state index in [1.807, 2.05) is 0 Å². The number of nitro groups is 1. The summed E-state index contributed by atoms with van der Waals surface area (Å²) in [7, 11) is 1.04. The van der Waals surface area contributed by atoms with Crippen molar-refractivity contribution in [2.24, 2.45) is 0 Å². The zero-order chi connectivity index (χ0) is 17.2. The average molecular weight is 325 g/mol. The Balaban J connectivity index is 2.87. The number of hydrogen-bond acceptors (Lipinski definition) is 4. The van der Waals surface area contributed by atoms with Crippen LogP contribution in [-0.4, -0.2) is 18.0 Å². The van der Waals surface area contributed by atoms with Crippen LogP contribution in [0.25, 0.3) is 11.1 Å². The highest BCUT2D eigenvalue weighted by Gasteiger charge is 2.36. The Morgan fingerprint density at radius 1 is 1.13 bits per heavy atom. The molecule has 0 amide bonds. The Morgan fingerprint density at radius 2 is 1.78 bits per heavy atom. The van der Waals surface area contributed by atoms with Gasteiger partial charge in [-0.1, -0.05) is 24.3 Å². The van der Waals surface area contributed by atoms with Crippen molar-refractivity contribution in [2.45, 2.75) is 6.18 Å². The third kappa shape index (κ3) is 3.15. The smallest absolute Gasteiger partial charge is 0.417 e. The Morgan fingerprint density at radius 3 is 2.35 bits per heavy atom. The summed E-state index contributed by atoms with van der Waals surface area (Å²) in [6.07, 6.45) is -4.73. The zero-order valence-corrected chi connectivity index (χ0v) is 11.8. The minimum atomic E-state index is -4.73. The number of methoxy groups -OCH3 is 1. The molecule has 2 rings (SSSR count). The van der Waals surface area contributed by atoms with Crippen molar-refractivity contribution in [3.63, 3.8) is 0 Å². The second kappa shape index (κ2) is 6.07. The van der Waals surface area contributed by atoms with Crippen LogP contribution in [0.4, 0.5) is 18.9 Å². The summed E-state index contributed by atoms with van der Waals surface area (Å²) < 4.78 is 44.1. The second-order valence-electron chi connectivity index (χ2n) is 4.49. The molecule has 8 heteroatoms.